The highest BCUT2D eigenvalue weighted by Gasteiger charge is 2.39. The first-order valence-corrected chi connectivity index (χ1v) is 7.32. The zero-order valence-corrected chi connectivity index (χ0v) is 11.9. The lowest BCUT2D eigenvalue weighted by molar-refractivity contribution is 0.216. The van der Waals surface area contributed by atoms with Gasteiger partial charge in [-0.1, -0.05) is 45.2 Å². The SMILES string of the molecule is CCC1CCC(C)CC(CC)(c2cc(N)no2)C1. The van der Waals surface area contributed by atoms with Crippen molar-refractivity contribution in [1.82, 2.24) is 5.16 Å². The van der Waals surface area contributed by atoms with Crippen LogP contribution >= 0.6 is 0 Å². The minimum absolute atomic E-state index is 0.154. The third kappa shape index (κ3) is 2.55. The molecule has 102 valence electrons. The molecule has 0 aromatic carbocycles. The zero-order valence-electron chi connectivity index (χ0n) is 11.9. The van der Waals surface area contributed by atoms with Crippen LogP contribution in [-0.2, 0) is 5.41 Å². The zero-order chi connectivity index (χ0) is 13.2. The van der Waals surface area contributed by atoms with Crippen molar-refractivity contribution in [3.63, 3.8) is 0 Å². The van der Waals surface area contributed by atoms with E-state index in [1.54, 1.807) is 0 Å². The molecule has 1 aromatic rings. The highest BCUT2D eigenvalue weighted by molar-refractivity contribution is 5.30. The molecule has 1 aliphatic carbocycles. The molecule has 1 saturated carbocycles. The van der Waals surface area contributed by atoms with Gasteiger partial charge in [-0.05, 0) is 31.1 Å². The predicted octanol–water partition coefficient (Wildman–Crippen LogP) is 4.14. The number of nitrogens with zero attached hydrogens (tertiary/aromatic N) is 1. The van der Waals surface area contributed by atoms with Gasteiger partial charge in [-0.3, -0.25) is 0 Å². The number of hydrogen-bond acceptors (Lipinski definition) is 3. The lowest BCUT2D eigenvalue weighted by Gasteiger charge is -2.32. The van der Waals surface area contributed by atoms with Crippen molar-refractivity contribution < 1.29 is 4.52 Å². The summed E-state index contributed by atoms with van der Waals surface area (Å²) in [4.78, 5) is 0. The third-order valence-corrected chi connectivity index (χ3v) is 4.79. The summed E-state index contributed by atoms with van der Waals surface area (Å²) in [5, 5.41) is 3.89. The fraction of sp³-hybridized carbons (Fsp3) is 0.800. The standard InChI is InChI=1S/C15H26N2O/c1-4-12-7-6-11(3)9-15(5-2,10-12)13-8-14(16)17-18-13/h8,11-12H,4-7,9-10H2,1-3H3,(H2,16,17). The molecular weight excluding hydrogens is 224 g/mol. The summed E-state index contributed by atoms with van der Waals surface area (Å²) >= 11 is 0. The summed E-state index contributed by atoms with van der Waals surface area (Å²) in [7, 11) is 0. The third-order valence-electron chi connectivity index (χ3n) is 4.79. The molecule has 2 N–H and O–H groups in total. The topological polar surface area (TPSA) is 52.0 Å². The summed E-state index contributed by atoms with van der Waals surface area (Å²) in [6.07, 6.45) is 7.49. The van der Waals surface area contributed by atoms with Crippen LogP contribution in [0.15, 0.2) is 10.6 Å². The molecule has 3 nitrogen and oxygen atoms in total. The smallest absolute Gasteiger partial charge is 0.167 e. The fourth-order valence-corrected chi connectivity index (χ4v) is 3.58. The summed E-state index contributed by atoms with van der Waals surface area (Å²) in [6.45, 7) is 6.93. The minimum atomic E-state index is 0.154. The number of nitrogen functional groups attached to an aromatic ring is 1. The summed E-state index contributed by atoms with van der Waals surface area (Å²) in [5.74, 6) is 3.09. The number of rotatable bonds is 3. The highest BCUT2D eigenvalue weighted by Crippen LogP contribution is 2.46. The van der Waals surface area contributed by atoms with Crippen molar-refractivity contribution in [3.8, 4) is 0 Å². The van der Waals surface area contributed by atoms with Gasteiger partial charge >= 0.3 is 0 Å². The van der Waals surface area contributed by atoms with Crippen LogP contribution in [0.4, 0.5) is 5.82 Å². The van der Waals surface area contributed by atoms with Crippen molar-refractivity contribution in [1.29, 1.82) is 0 Å². The Labute approximate surface area is 110 Å². The van der Waals surface area contributed by atoms with Crippen LogP contribution in [0.2, 0.25) is 0 Å². The average molecular weight is 250 g/mol. The van der Waals surface area contributed by atoms with E-state index in [1.165, 1.54) is 32.1 Å². The Morgan fingerprint density at radius 1 is 1.39 bits per heavy atom. The maximum Gasteiger partial charge on any atom is 0.167 e. The van der Waals surface area contributed by atoms with Crippen molar-refractivity contribution in [2.24, 2.45) is 11.8 Å². The Bertz CT molecular complexity index is 388. The molecule has 3 unspecified atom stereocenters. The molecule has 0 aliphatic heterocycles. The van der Waals surface area contributed by atoms with E-state index in [0.717, 1.165) is 24.0 Å². The molecule has 0 radical (unpaired) electrons. The van der Waals surface area contributed by atoms with Gasteiger partial charge in [-0.15, -0.1) is 0 Å². The van der Waals surface area contributed by atoms with Crippen LogP contribution in [0.3, 0.4) is 0 Å². The Balaban J connectivity index is 2.32. The summed E-state index contributed by atoms with van der Waals surface area (Å²) in [5.41, 5.74) is 5.89. The van der Waals surface area contributed by atoms with E-state index in [1.807, 2.05) is 6.07 Å². The maximum atomic E-state index is 5.73. The number of aromatic nitrogens is 1. The minimum Gasteiger partial charge on any atom is -0.381 e. The fourth-order valence-electron chi connectivity index (χ4n) is 3.58. The van der Waals surface area contributed by atoms with Crippen LogP contribution in [-0.4, -0.2) is 5.16 Å². The van der Waals surface area contributed by atoms with Gasteiger partial charge in [0.25, 0.3) is 0 Å². The summed E-state index contributed by atoms with van der Waals surface area (Å²) in [6, 6.07) is 1.94. The van der Waals surface area contributed by atoms with Crippen LogP contribution in [0, 0.1) is 11.8 Å². The van der Waals surface area contributed by atoms with Gasteiger partial charge in [0, 0.05) is 11.5 Å². The monoisotopic (exact) mass is 250 g/mol. The molecule has 0 spiro atoms. The molecule has 1 aliphatic rings. The van der Waals surface area contributed by atoms with Crippen molar-refractivity contribution in [2.45, 2.75) is 64.7 Å². The molecular formula is C15H26N2O. The second-order valence-electron chi connectivity index (χ2n) is 6.11. The lowest BCUT2D eigenvalue weighted by Crippen LogP contribution is -2.28. The van der Waals surface area contributed by atoms with Crippen LogP contribution in [0.25, 0.3) is 0 Å². The van der Waals surface area contributed by atoms with Gasteiger partial charge in [-0.2, -0.15) is 0 Å². The Kier molecular flexibility index (Phi) is 3.98. The van der Waals surface area contributed by atoms with Crippen molar-refractivity contribution in [3.05, 3.63) is 11.8 Å². The molecule has 0 saturated heterocycles. The number of nitrogens with two attached hydrogens (primary N) is 1. The molecule has 0 amide bonds. The van der Waals surface area contributed by atoms with Gasteiger partial charge in [0.1, 0.15) is 5.76 Å². The van der Waals surface area contributed by atoms with Crippen molar-refractivity contribution >= 4 is 5.82 Å². The van der Waals surface area contributed by atoms with Gasteiger partial charge in [0.05, 0.1) is 0 Å². The Morgan fingerprint density at radius 2 is 2.17 bits per heavy atom. The second-order valence-corrected chi connectivity index (χ2v) is 6.11. The first-order chi connectivity index (χ1) is 8.59. The van der Waals surface area contributed by atoms with E-state index in [4.69, 9.17) is 10.3 Å². The molecule has 18 heavy (non-hydrogen) atoms. The molecule has 1 aromatic heterocycles. The average Bonchev–Trinajstić information content (AvgIpc) is 2.72. The Hall–Kier alpha value is -0.990. The van der Waals surface area contributed by atoms with Gasteiger partial charge < -0.3 is 10.3 Å². The lowest BCUT2D eigenvalue weighted by atomic mass is 9.71. The molecule has 3 heteroatoms. The molecule has 1 heterocycles. The number of anilines is 1. The quantitative estimate of drug-likeness (QED) is 0.820. The molecule has 1 fully saturated rings. The van der Waals surface area contributed by atoms with E-state index in [9.17, 15) is 0 Å². The Morgan fingerprint density at radius 3 is 2.72 bits per heavy atom. The molecule has 0 bridgehead atoms. The predicted molar refractivity (Wildman–Crippen MR) is 74.3 cm³/mol. The molecule has 3 atom stereocenters. The van der Waals surface area contributed by atoms with E-state index in [-0.39, 0.29) is 5.41 Å². The molecule has 2 rings (SSSR count). The van der Waals surface area contributed by atoms with E-state index in [0.29, 0.717) is 5.82 Å². The normalized spacial score (nSPS) is 33.3. The van der Waals surface area contributed by atoms with Crippen LogP contribution < -0.4 is 5.73 Å². The maximum absolute atomic E-state index is 5.73. The van der Waals surface area contributed by atoms with E-state index < -0.39 is 0 Å². The largest absolute Gasteiger partial charge is 0.381 e. The summed E-state index contributed by atoms with van der Waals surface area (Å²) < 4.78 is 5.52. The van der Waals surface area contributed by atoms with E-state index in [2.05, 4.69) is 25.9 Å². The van der Waals surface area contributed by atoms with Crippen LogP contribution in [0.1, 0.15) is 65.1 Å². The van der Waals surface area contributed by atoms with E-state index >= 15 is 0 Å². The highest BCUT2D eigenvalue weighted by atomic mass is 16.5. The van der Waals surface area contributed by atoms with Crippen molar-refractivity contribution in [2.75, 3.05) is 5.73 Å². The van der Waals surface area contributed by atoms with Crippen LogP contribution in [0.5, 0.6) is 0 Å². The van der Waals surface area contributed by atoms with Gasteiger partial charge in [-0.25, -0.2) is 0 Å². The van der Waals surface area contributed by atoms with Gasteiger partial charge in [0.15, 0.2) is 5.82 Å². The first kappa shape index (κ1) is 13.4. The number of hydrogen-bond donors (Lipinski definition) is 1. The second kappa shape index (κ2) is 5.33. The first-order valence-electron chi connectivity index (χ1n) is 7.32. The van der Waals surface area contributed by atoms with Gasteiger partial charge in [0.2, 0.25) is 0 Å².